The summed E-state index contributed by atoms with van der Waals surface area (Å²) < 4.78 is 82.6. The third kappa shape index (κ3) is 3.32. The van der Waals surface area contributed by atoms with Crippen LogP contribution in [-0.2, 0) is 10.0 Å². The van der Waals surface area contributed by atoms with Crippen molar-refractivity contribution in [1.29, 1.82) is 0 Å². The molecule has 0 aliphatic carbocycles. The van der Waals surface area contributed by atoms with Crippen LogP contribution in [-0.4, -0.2) is 43.9 Å². The molecule has 1 saturated heterocycles. The molecule has 3 aromatic rings. The van der Waals surface area contributed by atoms with E-state index in [2.05, 4.69) is 4.98 Å². The highest BCUT2D eigenvalue weighted by atomic mass is 32.2. The summed E-state index contributed by atoms with van der Waals surface area (Å²) in [4.78, 5) is 4.58. The molecule has 0 spiro atoms. The second-order valence-corrected chi connectivity index (χ2v) is 8.40. The monoisotopic (exact) mass is 425 g/mol. The molecule has 1 aliphatic rings. The molecule has 0 saturated carbocycles. The average Bonchev–Trinajstić information content (AvgIpc) is 2.70. The quantitative estimate of drug-likeness (QED) is 0.605. The molecular formula is C19H15F4N3O2S. The number of anilines is 1. The topological polar surface area (TPSA) is 53.5 Å². The Bertz CT molecular complexity index is 1180. The molecule has 2 aromatic carbocycles. The average molecular weight is 425 g/mol. The number of halogens is 4. The molecule has 0 unspecified atom stereocenters. The van der Waals surface area contributed by atoms with Crippen LogP contribution in [0.1, 0.15) is 0 Å². The van der Waals surface area contributed by atoms with Crippen molar-refractivity contribution in [2.75, 3.05) is 31.1 Å². The van der Waals surface area contributed by atoms with E-state index in [1.54, 1.807) is 4.90 Å². The van der Waals surface area contributed by atoms with Gasteiger partial charge in [-0.2, -0.15) is 4.31 Å². The van der Waals surface area contributed by atoms with E-state index in [9.17, 15) is 26.0 Å². The highest BCUT2D eigenvalue weighted by Gasteiger charge is 2.33. The zero-order valence-electron chi connectivity index (χ0n) is 14.9. The second-order valence-electron chi connectivity index (χ2n) is 6.52. The normalized spacial score (nSPS) is 15.8. The van der Waals surface area contributed by atoms with Gasteiger partial charge in [-0.25, -0.2) is 26.0 Å². The summed E-state index contributed by atoms with van der Waals surface area (Å²) in [7, 11) is -4.38. The van der Waals surface area contributed by atoms with Crippen LogP contribution in [0, 0.1) is 23.3 Å². The molecule has 1 fully saturated rings. The summed E-state index contributed by atoms with van der Waals surface area (Å²) >= 11 is 0. The van der Waals surface area contributed by atoms with E-state index in [1.807, 2.05) is 0 Å². The van der Waals surface area contributed by atoms with E-state index in [0.717, 1.165) is 34.6 Å². The van der Waals surface area contributed by atoms with Gasteiger partial charge in [0.2, 0.25) is 10.0 Å². The summed E-state index contributed by atoms with van der Waals surface area (Å²) in [5, 5.41) is 0.00366. The highest BCUT2D eigenvalue weighted by molar-refractivity contribution is 7.89. The number of piperazine rings is 1. The van der Waals surface area contributed by atoms with Crippen LogP contribution in [0.4, 0.5) is 23.2 Å². The third-order valence-corrected chi connectivity index (χ3v) is 6.82. The minimum absolute atomic E-state index is 0.00366. The van der Waals surface area contributed by atoms with Crippen LogP contribution in [0.15, 0.2) is 47.5 Å². The van der Waals surface area contributed by atoms with E-state index < -0.39 is 38.2 Å². The van der Waals surface area contributed by atoms with Crippen molar-refractivity contribution >= 4 is 26.6 Å². The van der Waals surface area contributed by atoms with E-state index in [1.165, 1.54) is 12.3 Å². The van der Waals surface area contributed by atoms with Crippen LogP contribution in [0.2, 0.25) is 0 Å². The van der Waals surface area contributed by atoms with Gasteiger partial charge in [0.05, 0.1) is 11.1 Å². The standard InChI is InChI=1S/C19H15F4N3O2S/c20-12-4-5-13(21)18-17(12)16(6-7-24-18)25-8-10-26(11-9-25)29(27,28)19-14(22)2-1-3-15(19)23/h1-7H,8-11H2. The molecule has 1 aromatic heterocycles. The second kappa shape index (κ2) is 7.27. The van der Waals surface area contributed by atoms with Gasteiger partial charge >= 0.3 is 0 Å². The van der Waals surface area contributed by atoms with Crippen molar-refractivity contribution in [2.24, 2.45) is 0 Å². The van der Waals surface area contributed by atoms with Crippen molar-refractivity contribution in [1.82, 2.24) is 9.29 Å². The largest absolute Gasteiger partial charge is 0.368 e. The molecule has 0 atom stereocenters. The van der Waals surface area contributed by atoms with Crippen LogP contribution in [0.25, 0.3) is 10.9 Å². The molecular weight excluding hydrogens is 410 g/mol. The highest BCUT2D eigenvalue weighted by Crippen LogP contribution is 2.31. The Morgan fingerprint density at radius 3 is 2.07 bits per heavy atom. The van der Waals surface area contributed by atoms with E-state index >= 15 is 0 Å². The molecule has 5 nitrogen and oxygen atoms in total. The lowest BCUT2D eigenvalue weighted by molar-refractivity contribution is 0.379. The van der Waals surface area contributed by atoms with Gasteiger partial charge in [-0.3, -0.25) is 4.98 Å². The van der Waals surface area contributed by atoms with Crippen molar-refractivity contribution in [3.8, 4) is 0 Å². The molecule has 152 valence electrons. The van der Waals surface area contributed by atoms with Crippen molar-refractivity contribution in [3.63, 3.8) is 0 Å². The number of fused-ring (bicyclic) bond motifs is 1. The first-order valence-corrected chi connectivity index (χ1v) is 10.2. The summed E-state index contributed by atoms with van der Waals surface area (Å²) in [6.45, 7) is 0.114. The number of benzene rings is 2. The van der Waals surface area contributed by atoms with E-state index in [0.29, 0.717) is 5.69 Å². The summed E-state index contributed by atoms with van der Waals surface area (Å²) in [6.07, 6.45) is 1.35. The van der Waals surface area contributed by atoms with Crippen molar-refractivity contribution < 1.29 is 26.0 Å². The molecule has 29 heavy (non-hydrogen) atoms. The number of nitrogens with zero attached hydrogens (tertiary/aromatic N) is 3. The summed E-state index contributed by atoms with van der Waals surface area (Å²) in [5.74, 6) is -3.64. The lowest BCUT2D eigenvalue weighted by Crippen LogP contribution is -2.49. The molecule has 1 aliphatic heterocycles. The van der Waals surface area contributed by atoms with Crippen LogP contribution >= 0.6 is 0 Å². The first-order chi connectivity index (χ1) is 13.8. The van der Waals surface area contributed by atoms with Gasteiger partial charge in [-0.15, -0.1) is 0 Å². The maximum Gasteiger partial charge on any atom is 0.249 e. The summed E-state index contributed by atoms with van der Waals surface area (Å²) in [6, 6.07) is 6.36. The predicted molar refractivity (Wildman–Crippen MR) is 99.0 cm³/mol. The predicted octanol–water partition coefficient (Wildman–Crippen LogP) is 3.30. The fourth-order valence-corrected chi connectivity index (χ4v) is 5.00. The minimum Gasteiger partial charge on any atom is -0.368 e. The Hall–Kier alpha value is -2.72. The lowest BCUT2D eigenvalue weighted by Gasteiger charge is -2.35. The van der Waals surface area contributed by atoms with E-state index in [4.69, 9.17) is 0 Å². The van der Waals surface area contributed by atoms with E-state index in [-0.39, 0.29) is 37.1 Å². The minimum atomic E-state index is -4.38. The van der Waals surface area contributed by atoms with Crippen LogP contribution < -0.4 is 4.90 Å². The number of sulfonamides is 1. The fraction of sp³-hybridized carbons (Fsp3) is 0.211. The molecule has 0 bridgehead atoms. The molecule has 4 rings (SSSR count). The van der Waals surface area contributed by atoms with Crippen molar-refractivity contribution in [3.05, 3.63) is 65.9 Å². The molecule has 2 heterocycles. The van der Waals surface area contributed by atoms with Crippen LogP contribution in [0.3, 0.4) is 0 Å². The van der Waals surface area contributed by atoms with Gasteiger partial charge in [-0.05, 0) is 30.3 Å². The summed E-state index contributed by atoms with van der Waals surface area (Å²) in [5.41, 5.74) is 0.257. The Labute approximate surface area is 164 Å². The lowest BCUT2D eigenvalue weighted by atomic mass is 10.1. The maximum atomic E-state index is 14.3. The zero-order valence-corrected chi connectivity index (χ0v) is 15.8. The third-order valence-electron chi connectivity index (χ3n) is 4.87. The Morgan fingerprint density at radius 1 is 0.793 bits per heavy atom. The smallest absolute Gasteiger partial charge is 0.249 e. The SMILES string of the molecule is O=S(=O)(c1c(F)cccc1F)N1CCN(c2ccnc3c(F)ccc(F)c23)CC1. The van der Waals surface area contributed by atoms with Gasteiger partial charge in [-0.1, -0.05) is 6.07 Å². The molecule has 0 amide bonds. The number of hydrogen-bond donors (Lipinski definition) is 0. The Kier molecular flexibility index (Phi) is 4.91. The maximum absolute atomic E-state index is 14.3. The number of hydrogen-bond acceptors (Lipinski definition) is 4. The zero-order chi connectivity index (χ0) is 20.8. The fourth-order valence-electron chi connectivity index (χ4n) is 3.47. The van der Waals surface area contributed by atoms with Gasteiger partial charge in [0.25, 0.3) is 0 Å². The Morgan fingerprint density at radius 2 is 1.41 bits per heavy atom. The van der Waals surface area contributed by atoms with Gasteiger partial charge < -0.3 is 4.90 Å². The molecule has 0 N–H and O–H groups in total. The first kappa shape index (κ1) is 19.6. The number of pyridine rings is 1. The number of aromatic nitrogens is 1. The number of rotatable bonds is 3. The van der Waals surface area contributed by atoms with Gasteiger partial charge in [0.15, 0.2) is 4.90 Å². The molecule has 0 radical (unpaired) electrons. The Balaban J connectivity index is 1.63. The van der Waals surface area contributed by atoms with Crippen LogP contribution in [0.5, 0.6) is 0 Å². The van der Waals surface area contributed by atoms with Gasteiger partial charge in [0.1, 0.15) is 28.8 Å². The van der Waals surface area contributed by atoms with Crippen molar-refractivity contribution in [2.45, 2.75) is 4.90 Å². The first-order valence-electron chi connectivity index (χ1n) is 8.72. The van der Waals surface area contributed by atoms with Gasteiger partial charge in [0, 0.05) is 32.4 Å². The molecule has 10 heteroatoms.